The van der Waals surface area contributed by atoms with Gasteiger partial charge in [0.05, 0.1) is 21.6 Å². The maximum absolute atomic E-state index is 6.22. The zero-order valence-corrected chi connectivity index (χ0v) is 13.5. The van der Waals surface area contributed by atoms with Gasteiger partial charge in [-0.2, -0.15) is 0 Å². The molecule has 1 saturated carbocycles. The lowest BCUT2D eigenvalue weighted by Gasteiger charge is -2.07. The monoisotopic (exact) mass is 347 g/mol. The lowest BCUT2D eigenvalue weighted by Crippen LogP contribution is -1.98. The molecular formula is C15H14BrN3S. The minimum absolute atomic E-state index is 0.581. The van der Waals surface area contributed by atoms with Gasteiger partial charge in [-0.05, 0) is 48.9 Å². The molecule has 2 heterocycles. The number of thiophene rings is 1. The van der Waals surface area contributed by atoms with Crippen LogP contribution in [-0.4, -0.2) is 9.55 Å². The lowest BCUT2D eigenvalue weighted by molar-refractivity contribution is 0.777. The van der Waals surface area contributed by atoms with E-state index in [0.717, 1.165) is 31.9 Å². The van der Waals surface area contributed by atoms with E-state index in [9.17, 15) is 0 Å². The van der Waals surface area contributed by atoms with Crippen LogP contribution in [0.15, 0.2) is 28.1 Å². The highest BCUT2D eigenvalue weighted by Gasteiger charge is 2.29. The lowest BCUT2D eigenvalue weighted by atomic mass is 10.2. The third-order valence-electron chi connectivity index (χ3n) is 3.79. The summed E-state index contributed by atoms with van der Waals surface area (Å²) in [7, 11) is 0. The van der Waals surface area contributed by atoms with Gasteiger partial charge in [-0.25, -0.2) is 4.98 Å². The molecule has 0 atom stereocenters. The molecule has 0 aliphatic heterocycles. The fraction of sp³-hybridized carbons (Fsp3) is 0.267. The van der Waals surface area contributed by atoms with Crippen LogP contribution in [0.25, 0.3) is 21.7 Å². The summed E-state index contributed by atoms with van der Waals surface area (Å²) >= 11 is 5.21. The van der Waals surface area contributed by atoms with E-state index in [1.165, 1.54) is 18.4 Å². The number of aromatic nitrogens is 2. The van der Waals surface area contributed by atoms with Crippen LogP contribution >= 0.6 is 27.3 Å². The summed E-state index contributed by atoms with van der Waals surface area (Å²) in [6, 6.07) is 6.88. The molecule has 0 saturated heterocycles. The van der Waals surface area contributed by atoms with Gasteiger partial charge < -0.3 is 10.3 Å². The Hall–Kier alpha value is -1.33. The first-order valence-electron chi connectivity index (χ1n) is 6.66. The van der Waals surface area contributed by atoms with Crippen LogP contribution < -0.4 is 5.73 Å². The fourth-order valence-electron chi connectivity index (χ4n) is 2.56. The molecule has 2 N–H and O–H groups in total. The van der Waals surface area contributed by atoms with Gasteiger partial charge in [0.15, 0.2) is 5.82 Å². The second kappa shape index (κ2) is 4.33. The predicted molar refractivity (Wildman–Crippen MR) is 88.2 cm³/mol. The van der Waals surface area contributed by atoms with Crippen LogP contribution in [-0.2, 0) is 0 Å². The molecule has 20 heavy (non-hydrogen) atoms. The first kappa shape index (κ1) is 12.4. The number of imidazole rings is 1. The van der Waals surface area contributed by atoms with Crippen LogP contribution in [0.3, 0.4) is 0 Å². The molecule has 1 aromatic carbocycles. The Morgan fingerprint density at radius 3 is 2.85 bits per heavy atom. The van der Waals surface area contributed by atoms with E-state index in [0.29, 0.717) is 6.04 Å². The Balaban J connectivity index is 2.03. The minimum atomic E-state index is 0.581. The van der Waals surface area contributed by atoms with Crippen molar-refractivity contribution in [1.29, 1.82) is 0 Å². The Kier molecular flexibility index (Phi) is 2.69. The molecule has 0 bridgehead atoms. The zero-order chi connectivity index (χ0) is 13.9. The van der Waals surface area contributed by atoms with Gasteiger partial charge in [0.25, 0.3) is 0 Å². The van der Waals surface area contributed by atoms with Gasteiger partial charge in [0, 0.05) is 10.5 Å². The van der Waals surface area contributed by atoms with E-state index in [1.807, 2.05) is 0 Å². The smallest absolute Gasteiger partial charge is 0.153 e. The van der Waals surface area contributed by atoms with Gasteiger partial charge >= 0.3 is 0 Å². The highest BCUT2D eigenvalue weighted by Crippen LogP contribution is 2.44. The average molecular weight is 348 g/mol. The minimum Gasteiger partial charge on any atom is -0.397 e. The quantitative estimate of drug-likeness (QED) is 0.726. The second-order valence-corrected chi connectivity index (χ2v) is 7.13. The molecular weight excluding hydrogens is 334 g/mol. The maximum Gasteiger partial charge on any atom is 0.153 e. The molecule has 1 aliphatic carbocycles. The third kappa shape index (κ3) is 1.80. The molecule has 5 heteroatoms. The van der Waals surface area contributed by atoms with Crippen molar-refractivity contribution in [3.05, 3.63) is 33.6 Å². The molecule has 0 radical (unpaired) electrons. The average Bonchev–Trinajstić information content (AvgIpc) is 3.12. The predicted octanol–water partition coefficient (Wildman–Crippen LogP) is 4.75. The molecule has 102 valence electrons. The number of halogens is 1. The summed E-state index contributed by atoms with van der Waals surface area (Å²) in [5.41, 5.74) is 10.5. The Morgan fingerprint density at radius 2 is 2.20 bits per heavy atom. The Bertz CT molecular complexity index is 814. The number of nitrogens with two attached hydrogens (primary N) is 1. The Labute approximate surface area is 129 Å². The summed E-state index contributed by atoms with van der Waals surface area (Å²) in [6.07, 6.45) is 2.47. The zero-order valence-electron chi connectivity index (χ0n) is 11.1. The van der Waals surface area contributed by atoms with Crippen LogP contribution in [0.4, 0.5) is 5.69 Å². The van der Waals surface area contributed by atoms with Crippen molar-refractivity contribution in [1.82, 2.24) is 9.55 Å². The van der Waals surface area contributed by atoms with Gasteiger partial charge in [0.2, 0.25) is 0 Å². The van der Waals surface area contributed by atoms with Gasteiger partial charge in [-0.1, -0.05) is 15.9 Å². The van der Waals surface area contributed by atoms with Gasteiger partial charge in [0.1, 0.15) is 0 Å². The molecule has 4 rings (SSSR count). The molecule has 3 nitrogen and oxygen atoms in total. The van der Waals surface area contributed by atoms with Gasteiger partial charge in [-0.15, -0.1) is 11.3 Å². The topological polar surface area (TPSA) is 43.8 Å². The normalized spacial score (nSPS) is 15.1. The van der Waals surface area contributed by atoms with Gasteiger partial charge in [-0.3, -0.25) is 0 Å². The molecule has 1 fully saturated rings. The number of hydrogen-bond acceptors (Lipinski definition) is 3. The van der Waals surface area contributed by atoms with E-state index >= 15 is 0 Å². The van der Waals surface area contributed by atoms with Crippen molar-refractivity contribution in [3.8, 4) is 10.7 Å². The number of fused-ring (bicyclic) bond motifs is 1. The fourth-order valence-corrected chi connectivity index (χ4v) is 3.87. The van der Waals surface area contributed by atoms with Crippen molar-refractivity contribution in [2.75, 3.05) is 5.73 Å². The number of aryl methyl sites for hydroxylation is 1. The van der Waals surface area contributed by atoms with Crippen LogP contribution in [0.5, 0.6) is 0 Å². The number of anilines is 1. The highest BCUT2D eigenvalue weighted by atomic mass is 79.9. The molecule has 0 unspecified atom stereocenters. The molecule has 0 spiro atoms. The van der Waals surface area contributed by atoms with E-state index in [1.54, 1.807) is 11.3 Å². The van der Waals surface area contributed by atoms with Crippen molar-refractivity contribution in [3.63, 3.8) is 0 Å². The first-order valence-corrected chi connectivity index (χ1v) is 8.34. The molecule has 3 aromatic rings. The SMILES string of the molecule is Cc1csc(-c2nc3cc(Br)ccc3n2C2CC2)c1N. The first-order chi connectivity index (χ1) is 9.65. The summed E-state index contributed by atoms with van der Waals surface area (Å²) < 4.78 is 3.43. The summed E-state index contributed by atoms with van der Waals surface area (Å²) in [5.74, 6) is 1.02. The van der Waals surface area contributed by atoms with E-state index in [4.69, 9.17) is 10.7 Å². The van der Waals surface area contributed by atoms with E-state index < -0.39 is 0 Å². The highest BCUT2D eigenvalue weighted by molar-refractivity contribution is 9.10. The van der Waals surface area contributed by atoms with Crippen molar-refractivity contribution in [2.45, 2.75) is 25.8 Å². The number of rotatable bonds is 2. The van der Waals surface area contributed by atoms with Crippen LogP contribution in [0.2, 0.25) is 0 Å². The number of benzene rings is 1. The molecule has 0 amide bonds. The third-order valence-corrected chi connectivity index (χ3v) is 5.39. The largest absolute Gasteiger partial charge is 0.397 e. The van der Waals surface area contributed by atoms with Crippen molar-refractivity contribution >= 4 is 44.0 Å². The summed E-state index contributed by atoms with van der Waals surface area (Å²) in [4.78, 5) is 5.94. The van der Waals surface area contributed by atoms with E-state index in [2.05, 4.69) is 51.0 Å². The van der Waals surface area contributed by atoms with E-state index in [-0.39, 0.29) is 0 Å². The van der Waals surface area contributed by atoms with Crippen molar-refractivity contribution in [2.24, 2.45) is 0 Å². The number of hydrogen-bond donors (Lipinski definition) is 1. The summed E-state index contributed by atoms with van der Waals surface area (Å²) in [5, 5.41) is 2.11. The number of nitrogens with zero attached hydrogens (tertiary/aromatic N) is 2. The maximum atomic E-state index is 6.22. The second-order valence-electron chi connectivity index (χ2n) is 5.33. The van der Waals surface area contributed by atoms with Crippen LogP contribution in [0, 0.1) is 6.92 Å². The molecule has 2 aromatic heterocycles. The van der Waals surface area contributed by atoms with Crippen molar-refractivity contribution < 1.29 is 0 Å². The molecule has 1 aliphatic rings. The number of nitrogen functional groups attached to an aromatic ring is 1. The Morgan fingerprint density at radius 1 is 1.40 bits per heavy atom. The summed E-state index contributed by atoms with van der Waals surface area (Å²) in [6.45, 7) is 2.05. The standard InChI is InChI=1S/C15H14BrN3S/c1-8-7-20-14(13(8)17)15-18-11-6-9(16)2-5-12(11)19(15)10-3-4-10/h2,5-7,10H,3-4,17H2,1H3. The van der Waals surface area contributed by atoms with Crippen LogP contribution in [0.1, 0.15) is 24.4 Å².